The highest BCUT2D eigenvalue weighted by molar-refractivity contribution is 5.67. The summed E-state index contributed by atoms with van der Waals surface area (Å²) in [5.41, 5.74) is 0. The molecule has 0 atom stereocenters. The van der Waals surface area contributed by atoms with Gasteiger partial charge in [0.05, 0.1) is 6.61 Å². The molecule has 1 rings (SSSR count). The van der Waals surface area contributed by atoms with Crippen LogP contribution >= 0.6 is 0 Å². The Balaban J connectivity index is 1.95. The largest absolute Gasteiger partial charge is 0.450 e. The monoisotopic (exact) mass is 298 g/mol. The molecule has 4 nitrogen and oxygen atoms in total. The first-order valence-electron chi connectivity index (χ1n) is 8.92. The molecule has 21 heavy (non-hydrogen) atoms. The van der Waals surface area contributed by atoms with Crippen molar-refractivity contribution in [1.82, 2.24) is 9.80 Å². The lowest BCUT2D eigenvalue weighted by atomic mass is 10.1. The van der Waals surface area contributed by atoms with Crippen LogP contribution in [0.4, 0.5) is 4.79 Å². The van der Waals surface area contributed by atoms with Gasteiger partial charge < -0.3 is 9.64 Å². The molecule has 1 aliphatic heterocycles. The van der Waals surface area contributed by atoms with Crippen molar-refractivity contribution in [2.24, 2.45) is 0 Å². The first kappa shape index (κ1) is 18.3. The molecule has 0 saturated carbocycles. The third kappa shape index (κ3) is 8.30. The van der Waals surface area contributed by atoms with Gasteiger partial charge in [0.25, 0.3) is 0 Å². The van der Waals surface area contributed by atoms with E-state index < -0.39 is 0 Å². The lowest BCUT2D eigenvalue weighted by Crippen LogP contribution is -2.49. The van der Waals surface area contributed by atoms with E-state index in [1.165, 1.54) is 57.9 Å². The van der Waals surface area contributed by atoms with Gasteiger partial charge in [-0.1, -0.05) is 51.9 Å². The standard InChI is InChI=1S/C17H34N2O2/c1-3-5-6-7-8-9-10-11-12-18-13-15-19(16-14-18)17(20)21-4-2/h3-16H2,1-2H3. The first-order valence-corrected chi connectivity index (χ1v) is 8.92. The van der Waals surface area contributed by atoms with E-state index in [-0.39, 0.29) is 6.09 Å². The molecular formula is C17H34N2O2. The Morgan fingerprint density at radius 1 is 0.857 bits per heavy atom. The van der Waals surface area contributed by atoms with E-state index in [1.54, 1.807) is 0 Å². The maximum atomic E-state index is 11.6. The second-order valence-corrected chi connectivity index (χ2v) is 6.00. The minimum absolute atomic E-state index is 0.149. The molecule has 0 aromatic carbocycles. The van der Waals surface area contributed by atoms with Crippen molar-refractivity contribution in [3.05, 3.63) is 0 Å². The van der Waals surface area contributed by atoms with Crippen molar-refractivity contribution in [2.75, 3.05) is 39.3 Å². The smallest absolute Gasteiger partial charge is 0.409 e. The minimum atomic E-state index is -0.149. The van der Waals surface area contributed by atoms with Crippen LogP contribution in [0.1, 0.15) is 65.2 Å². The summed E-state index contributed by atoms with van der Waals surface area (Å²) >= 11 is 0. The molecular weight excluding hydrogens is 264 g/mol. The molecule has 0 N–H and O–H groups in total. The van der Waals surface area contributed by atoms with Crippen molar-refractivity contribution < 1.29 is 9.53 Å². The van der Waals surface area contributed by atoms with Gasteiger partial charge in [-0.05, 0) is 19.9 Å². The Labute approximate surface area is 130 Å². The van der Waals surface area contributed by atoms with Crippen molar-refractivity contribution in [3.8, 4) is 0 Å². The second kappa shape index (κ2) is 11.8. The fraction of sp³-hybridized carbons (Fsp3) is 0.941. The predicted molar refractivity (Wildman–Crippen MR) is 87.6 cm³/mol. The van der Waals surface area contributed by atoms with Crippen LogP contribution in [0, 0.1) is 0 Å². The first-order chi connectivity index (χ1) is 10.3. The molecule has 0 aromatic rings. The summed E-state index contributed by atoms with van der Waals surface area (Å²) in [7, 11) is 0. The molecule has 1 fully saturated rings. The Bertz CT molecular complexity index is 264. The lowest BCUT2D eigenvalue weighted by molar-refractivity contribution is 0.0792. The van der Waals surface area contributed by atoms with Crippen LogP contribution in [0.15, 0.2) is 0 Å². The number of ether oxygens (including phenoxy) is 1. The summed E-state index contributed by atoms with van der Waals surface area (Å²) in [6.45, 7) is 9.40. The summed E-state index contributed by atoms with van der Waals surface area (Å²) < 4.78 is 5.04. The molecule has 0 aromatic heterocycles. The summed E-state index contributed by atoms with van der Waals surface area (Å²) in [6, 6.07) is 0. The van der Waals surface area contributed by atoms with E-state index in [4.69, 9.17) is 4.74 Å². The highest BCUT2D eigenvalue weighted by Gasteiger charge is 2.21. The van der Waals surface area contributed by atoms with Gasteiger partial charge >= 0.3 is 6.09 Å². The van der Waals surface area contributed by atoms with Crippen LogP contribution in [0.2, 0.25) is 0 Å². The molecule has 1 saturated heterocycles. The van der Waals surface area contributed by atoms with Gasteiger partial charge in [-0.2, -0.15) is 0 Å². The van der Waals surface area contributed by atoms with Crippen LogP contribution < -0.4 is 0 Å². The number of hydrogen-bond donors (Lipinski definition) is 0. The Hall–Kier alpha value is -0.770. The molecule has 1 aliphatic rings. The van der Waals surface area contributed by atoms with Crippen molar-refractivity contribution in [1.29, 1.82) is 0 Å². The zero-order valence-corrected chi connectivity index (χ0v) is 14.1. The minimum Gasteiger partial charge on any atom is -0.450 e. The Morgan fingerprint density at radius 2 is 1.43 bits per heavy atom. The number of unbranched alkanes of at least 4 members (excludes halogenated alkanes) is 7. The van der Waals surface area contributed by atoms with E-state index in [9.17, 15) is 4.79 Å². The SMILES string of the molecule is CCCCCCCCCCN1CCN(C(=O)OCC)CC1. The molecule has 0 bridgehead atoms. The quantitative estimate of drug-likeness (QED) is 0.573. The summed E-state index contributed by atoms with van der Waals surface area (Å²) in [4.78, 5) is 15.9. The maximum Gasteiger partial charge on any atom is 0.409 e. The molecule has 0 unspecified atom stereocenters. The number of amides is 1. The topological polar surface area (TPSA) is 32.8 Å². The average molecular weight is 298 g/mol. The maximum absolute atomic E-state index is 11.6. The number of rotatable bonds is 10. The number of nitrogens with zero attached hydrogens (tertiary/aromatic N) is 2. The van der Waals surface area contributed by atoms with E-state index in [2.05, 4.69) is 11.8 Å². The summed E-state index contributed by atoms with van der Waals surface area (Å²) in [6.07, 6.45) is 10.8. The Morgan fingerprint density at radius 3 is 2.00 bits per heavy atom. The normalized spacial score (nSPS) is 16.2. The number of piperazine rings is 1. The molecule has 1 amide bonds. The van der Waals surface area contributed by atoms with Gasteiger partial charge in [-0.3, -0.25) is 4.90 Å². The lowest BCUT2D eigenvalue weighted by Gasteiger charge is -2.34. The van der Waals surface area contributed by atoms with E-state index in [0.29, 0.717) is 6.61 Å². The summed E-state index contributed by atoms with van der Waals surface area (Å²) in [5, 5.41) is 0. The van der Waals surface area contributed by atoms with Crippen molar-refractivity contribution in [2.45, 2.75) is 65.2 Å². The average Bonchev–Trinajstić information content (AvgIpc) is 2.51. The highest BCUT2D eigenvalue weighted by Crippen LogP contribution is 2.10. The number of carbonyl (C=O) groups excluding carboxylic acids is 1. The zero-order valence-electron chi connectivity index (χ0n) is 14.1. The van der Waals surface area contributed by atoms with Crippen LogP contribution in [-0.2, 0) is 4.74 Å². The van der Waals surface area contributed by atoms with Crippen LogP contribution in [-0.4, -0.2) is 55.2 Å². The fourth-order valence-corrected chi connectivity index (χ4v) is 2.84. The summed E-state index contributed by atoms with van der Waals surface area (Å²) in [5.74, 6) is 0. The van der Waals surface area contributed by atoms with Crippen LogP contribution in [0.5, 0.6) is 0 Å². The van der Waals surface area contributed by atoms with Gasteiger partial charge in [0.1, 0.15) is 0 Å². The highest BCUT2D eigenvalue weighted by atomic mass is 16.6. The zero-order chi connectivity index (χ0) is 15.3. The van der Waals surface area contributed by atoms with Crippen LogP contribution in [0.3, 0.4) is 0 Å². The van der Waals surface area contributed by atoms with Gasteiger partial charge in [0, 0.05) is 26.2 Å². The number of hydrogen-bond acceptors (Lipinski definition) is 3. The molecule has 124 valence electrons. The molecule has 1 heterocycles. The van der Waals surface area contributed by atoms with E-state index in [1.807, 2.05) is 11.8 Å². The van der Waals surface area contributed by atoms with E-state index >= 15 is 0 Å². The van der Waals surface area contributed by atoms with Crippen LogP contribution in [0.25, 0.3) is 0 Å². The molecule has 0 radical (unpaired) electrons. The second-order valence-electron chi connectivity index (χ2n) is 6.00. The third-order valence-corrected chi connectivity index (χ3v) is 4.23. The predicted octanol–water partition coefficient (Wildman–Crippen LogP) is 3.90. The Kier molecular flexibility index (Phi) is 10.3. The van der Waals surface area contributed by atoms with Gasteiger partial charge in [0.2, 0.25) is 0 Å². The number of carbonyl (C=O) groups is 1. The van der Waals surface area contributed by atoms with Crippen molar-refractivity contribution >= 4 is 6.09 Å². The van der Waals surface area contributed by atoms with Gasteiger partial charge in [-0.25, -0.2) is 4.79 Å². The van der Waals surface area contributed by atoms with E-state index in [0.717, 1.165) is 26.2 Å². The fourth-order valence-electron chi connectivity index (χ4n) is 2.84. The molecule has 0 aliphatic carbocycles. The molecule has 0 spiro atoms. The molecule has 4 heteroatoms. The van der Waals surface area contributed by atoms with Gasteiger partial charge in [-0.15, -0.1) is 0 Å². The third-order valence-electron chi connectivity index (χ3n) is 4.23. The van der Waals surface area contributed by atoms with Crippen molar-refractivity contribution in [3.63, 3.8) is 0 Å². The van der Waals surface area contributed by atoms with Gasteiger partial charge in [0.15, 0.2) is 0 Å².